The van der Waals surface area contributed by atoms with Crippen LogP contribution in [0.4, 0.5) is 0 Å². The van der Waals surface area contributed by atoms with Crippen LogP contribution in [0.1, 0.15) is 52.4 Å². The monoisotopic (exact) mass is 254 g/mol. The van der Waals surface area contributed by atoms with E-state index in [1.807, 2.05) is 0 Å². The molecule has 1 saturated carbocycles. The fourth-order valence-corrected chi connectivity index (χ4v) is 3.55. The lowest BCUT2D eigenvalue weighted by Gasteiger charge is -2.42. The van der Waals surface area contributed by atoms with Gasteiger partial charge in [-0.3, -0.25) is 4.90 Å². The Kier molecular flexibility index (Phi) is 4.68. The van der Waals surface area contributed by atoms with Crippen molar-refractivity contribution in [3.63, 3.8) is 0 Å². The standard InChI is InChI=1S/C15H30N2O/c1-15(2)8-6-12(7-9-15)17(3)13(11-16)14-5-4-10-18-14/h12-14H,4-11,16H2,1-3H3. The summed E-state index contributed by atoms with van der Waals surface area (Å²) in [5, 5.41) is 0. The van der Waals surface area contributed by atoms with Crippen molar-refractivity contribution in [1.29, 1.82) is 0 Å². The van der Waals surface area contributed by atoms with E-state index >= 15 is 0 Å². The molecule has 0 amide bonds. The van der Waals surface area contributed by atoms with Crippen molar-refractivity contribution in [2.75, 3.05) is 20.2 Å². The molecule has 2 atom stereocenters. The minimum atomic E-state index is 0.370. The van der Waals surface area contributed by atoms with Crippen molar-refractivity contribution >= 4 is 0 Å². The Morgan fingerprint density at radius 3 is 2.44 bits per heavy atom. The zero-order valence-electron chi connectivity index (χ0n) is 12.3. The van der Waals surface area contributed by atoms with Gasteiger partial charge < -0.3 is 10.5 Å². The molecule has 1 heterocycles. The van der Waals surface area contributed by atoms with Gasteiger partial charge >= 0.3 is 0 Å². The van der Waals surface area contributed by atoms with E-state index in [2.05, 4.69) is 25.8 Å². The Hall–Kier alpha value is -0.120. The Balaban J connectivity index is 1.90. The maximum absolute atomic E-state index is 5.99. The third-order valence-corrected chi connectivity index (χ3v) is 5.04. The van der Waals surface area contributed by atoms with Gasteiger partial charge in [0.2, 0.25) is 0 Å². The maximum atomic E-state index is 5.99. The summed E-state index contributed by atoms with van der Waals surface area (Å²) in [7, 11) is 2.25. The van der Waals surface area contributed by atoms with Crippen molar-refractivity contribution in [3.05, 3.63) is 0 Å². The SMILES string of the molecule is CN(C1CCC(C)(C)CC1)C(CN)C1CCCO1. The number of ether oxygens (including phenoxy) is 1. The predicted octanol–water partition coefficient (Wildman–Crippen LogP) is 2.39. The Morgan fingerprint density at radius 2 is 1.94 bits per heavy atom. The molecular formula is C15H30N2O. The van der Waals surface area contributed by atoms with Crippen molar-refractivity contribution < 1.29 is 4.74 Å². The second-order valence-corrected chi connectivity index (χ2v) is 6.92. The molecule has 1 aliphatic heterocycles. The Labute approximate surface area is 112 Å². The van der Waals surface area contributed by atoms with E-state index in [1.165, 1.54) is 38.5 Å². The van der Waals surface area contributed by atoms with Gasteiger partial charge in [-0.2, -0.15) is 0 Å². The van der Waals surface area contributed by atoms with Gasteiger partial charge in [-0.15, -0.1) is 0 Å². The van der Waals surface area contributed by atoms with Gasteiger partial charge in [0.1, 0.15) is 0 Å². The predicted molar refractivity (Wildman–Crippen MR) is 75.6 cm³/mol. The molecule has 106 valence electrons. The van der Waals surface area contributed by atoms with Crippen LogP contribution < -0.4 is 5.73 Å². The Morgan fingerprint density at radius 1 is 1.28 bits per heavy atom. The van der Waals surface area contributed by atoms with Gasteiger partial charge in [0.05, 0.1) is 6.10 Å². The smallest absolute Gasteiger partial charge is 0.0743 e. The number of nitrogens with two attached hydrogens (primary N) is 1. The summed E-state index contributed by atoms with van der Waals surface area (Å²) in [5.74, 6) is 0. The Bertz CT molecular complexity index is 251. The maximum Gasteiger partial charge on any atom is 0.0743 e. The fourth-order valence-electron chi connectivity index (χ4n) is 3.55. The van der Waals surface area contributed by atoms with E-state index in [0.29, 0.717) is 23.6 Å². The molecule has 0 aromatic rings. The van der Waals surface area contributed by atoms with Gasteiger partial charge in [-0.1, -0.05) is 13.8 Å². The molecule has 2 N–H and O–H groups in total. The van der Waals surface area contributed by atoms with E-state index in [4.69, 9.17) is 10.5 Å². The molecule has 2 aliphatic rings. The summed E-state index contributed by atoms with van der Waals surface area (Å²) >= 11 is 0. The highest BCUT2D eigenvalue weighted by molar-refractivity contribution is 4.89. The first-order chi connectivity index (χ1) is 8.53. The molecule has 1 saturated heterocycles. The normalized spacial score (nSPS) is 30.8. The molecule has 3 nitrogen and oxygen atoms in total. The molecule has 2 rings (SSSR count). The number of rotatable bonds is 4. The average Bonchev–Trinajstić information content (AvgIpc) is 2.83. The molecule has 2 unspecified atom stereocenters. The third-order valence-electron chi connectivity index (χ3n) is 5.04. The largest absolute Gasteiger partial charge is 0.377 e. The third kappa shape index (κ3) is 3.25. The van der Waals surface area contributed by atoms with Crippen LogP contribution in [-0.2, 0) is 4.74 Å². The number of nitrogens with zero attached hydrogens (tertiary/aromatic N) is 1. The number of hydrogen-bond donors (Lipinski definition) is 1. The molecule has 0 spiro atoms. The number of likely N-dealkylation sites (N-methyl/N-ethyl adjacent to an activating group) is 1. The summed E-state index contributed by atoms with van der Waals surface area (Å²) in [4.78, 5) is 2.52. The molecular weight excluding hydrogens is 224 g/mol. The summed E-state index contributed by atoms with van der Waals surface area (Å²) in [6, 6.07) is 1.12. The van der Waals surface area contributed by atoms with Gasteiger partial charge in [0.25, 0.3) is 0 Å². The molecule has 3 heteroatoms. The minimum Gasteiger partial charge on any atom is -0.377 e. The zero-order chi connectivity index (χ0) is 13.2. The topological polar surface area (TPSA) is 38.5 Å². The summed E-state index contributed by atoms with van der Waals surface area (Å²) in [5.41, 5.74) is 6.53. The molecule has 18 heavy (non-hydrogen) atoms. The van der Waals surface area contributed by atoms with Gasteiger partial charge in [0, 0.05) is 25.2 Å². The molecule has 0 aromatic heterocycles. The van der Waals surface area contributed by atoms with Crippen LogP contribution in [0.3, 0.4) is 0 Å². The quantitative estimate of drug-likeness (QED) is 0.837. The van der Waals surface area contributed by atoms with Gasteiger partial charge in [0.15, 0.2) is 0 Å². The van der Waals surface area contributed by atoms with Crippen molar-refractivity contribution in [1.82, 2.24) is 4.90 Å². The van der Waals surface area contributed by atoms with Crippen LogP contribution in [0.5, 0.6) is 0 Å². The van der Waals surface area contributed by atoms with Gasteiger partial charge in [-0.05, 0) is 51.0 Å². The summed E-state index contributed by atoms with van der Waals surface area (Å²) < 4.78 is 5.84. The minimum absolute atomic E-state index is 0.370. The lowest BCUT2D eigenvalue weighted by atomic mass is 9.75. The van der Waals surface area contributed by atoms with E-state index in [9.17, 15) is 0 Å². The van der Waals surface area contributed by atoms with E-state index in [-0.39, 0.29) is 0 Å². The highest BCUT2D eigenvalue weighted by atomic mass is 16.5. The van der Waals surface area contributed by atoms with Crippen LogP contribution in [0.2, 0.25) is 0 Å². The molecule has 1 aliphatic carbocycles. The molecule has 0 bridgehead atoms. The summed E-state index contributed by atoms with van der Waals surface area (Å²) in [6.45, 7) is 6.43. The van der Waals surface area contributed by atoms with E-state index in [1.54, 1.807) is 0 Å². The van der Waals surface area contributed by atoms with Crippen molar-refractivity contribution in [2.45, 2.75) is 70.6 Å². The second kappa shape index (κ2) is 5.89. The lowest BCUT2D eigenvalue weighted by Crippen LogP contribution is -2.51. The van der Waals surface area contributed by atoms with Gasteiger partial charge in [-0.25, -0.2) is 0 Å². The molecule has 2 fully saturated rings. The van der Waals surface area contributed by atoms with E-state index in [0.717, 1.165) is 13.2 Å². The van der Waals surface area contributed by atoms with Crippen LogP contribution in [0, 0.1) is 5.41 Å². The highest BCUT2D eigenvalue weighted by Gasteiger charge is 2.35. The van der Waals surface area contributed by atoms with Crippen LogP contribution in [0.15, 0.2) is 0 Å². The first-order valence-electron chi connectivity index (χ1n) is 7.57. The second-order valence-electron chi connectivity index (χ2n) is 6.92. The average molecular weight is 254 g/mol. The summed E-state index contributed by atoms with van der Waals surface area (Å²) in [6.07, 6.45) is 8.06. The van der Waals surface area contributed by atoms with Crippen molar-refractivity contribution in [2.24, 2.45) is 11.1 Å². The fraction of sp³-hybridized carbons (Fsp3) is 1.00. The zero-order valence-corrected chi connectivity index (χ0v) is 12.3. The lowest BCUT2D eigenvalue weighted by molar-refractivity contribution is 0.00603. The molecule has 0 aromatic carbocycles. The van der Waals surface area contributed by atoms with Crippen LogP contribution in [0.25, 0.3) is 0 Å². The van der Waals surface area contributed by atoms with Crippen LogP contribution >= 0.6 is 0 Å². The van der Waals surface area contributed by atoms with Crippen LogP contribution in [-0.4, -0.2) is 43.3 Å². The first-order valence-corrected chi connectivity index (χ1v) is 7.57. The molecule has 0 radical (unpaired) electrons. The highest BCUT2D eigenvalue weighted by Crippen LogP contribution is 2.37. The first kappa shape index (κ1) is 14.3. The van der Waals surface area contributed by atoms with Crippen molar-refractivity contribution in [3.8, 4) is 0 Å². The van der Waals surface area contributed by atoms with E-state index < -0.39 is 0 Å². The number of hydrogen-bond acceptors (Lipinski definition) is 3.